The normalized spacial score (nSPS) is 24.8. The first-order valence-corrected chi connectivity index (χ1v) is 5.93. The first kappa shape index (κ1) is 12.3. The predicted molar refractivity (Wildman–Crippen MR) is 58.8 cm³/mol. The Bertz CT molecular complexity index is 302. The number of hydrogen-bond acceptors (Lipinski definition) is 4. The zero-order valence-electron chi connectivity index (χ0n) is 10.1. The monoisotopic (exact) mass is 242 g/mol. The number of ether oxygens (including phenoxy) is 1. The van der Waals surface area contributed by atoms with E-state index in [1.807, 2.05) is 0 Å². The Kier molecular flexibility index (Phi) is 3.96. The van der Waals surface area contributed by atoms with Crippen molar-refractivity contribution < 1.29 is 19.2 Å². The van der Waals surface area contributed by atoms with Crippen molar-refractivity contribution in [2.45, 2.75) is 12.8 Å². The third kappa shape index (κ3) is 2.76. The summed E-state index contributed by atoms with van der Waals surface area (Å²) in [5, 5.41) is 1.40. The van der Waals surface area contributed by atoms with Crippen molar-refractivity contribution in [1.29, 1.82) is 0 Å². The molecule has 0 N–H and O–H groups in total. The number of carbonyl (C=O) groups excluding carboxylic acids is 2. The second-order valence-electron chi connectivity index (χ2n) is 4.36. The van der Waals surface area contributed by atoms with E-state index in [0.717, 1.165) is 6.42 Å². The lowest BCUT2D eigenvalue weighted by molar-refractivity contribution is -0.173. The van der Waals surface area contributed by atoms with Gasteiger partial charge in [-0.1, -0.05) is 0 Å². The molecule has 2 fully saturated rings. The fourth-order valence-corrected chi connectivity index (χ4v) is 2.18. The summed E-state index contributed by atoms with van der Waals surface area (Å²) in [5.41, 5.74) is 0. The van der Waals surface area contributed by atoms with Crippen LogP contribution in [-0.2, 0) is 19.2 Å². The highest BCUT2D eigenvalue weighted by Crippen LogP contribution is 2.21. The Morgan fingerprint density at radius 1 is 1.59 bits per heavy atom. The molecule has 6 nitrogen and oxygen atoms in total. The van der Waals surface area contributed by atoms with Gasteiger partial charge in [0.05, 0.1) is 25.7 Å². The summed E-state index contributed by atoms with van der Waals surface area (Å²) in [6, 6.07) is 0. The first-order chi connectivity index (χ1) is 8.22. The molecule has 0 aromatic carbocycles. The smallest absolute Gasteiger partial charge is 0.251 e. The van der Waals surface area contributed by atoms with E-state index in [1.165, 1.54) is 5.06 Å². The first-order valence-electron chi connectivity index (χ1n) is 5.93. The lowest BCUT2D eigenvalue weighted by Gasteiger charge is -2.19. The van der Waals surface area contributed by atoms with Crippen LogP contribution in [0.1, 0.15) is 12.8 Å². The van der Waals surface area contributed by atoms with Crippen molar-refractivity contribution in [1.82, 2.24) is 9.96 Å². The third-order valence-corrected chi connectivity index (χ3v) is 3.13. The summed E-state index contributed by atoms with van der Waals surface area (Å²) < 4.78 is 4.93. The fourth-order valence-electron chi connectivity index (χ4n) is 2.18. The lowest BCUT2D eigenvalue weighted by atomic mass is 10.1. The molecule has 0 radical (unpaired) electrons. The van der Waals surface area contributed by atoms with E-state index in [2.05, 4.69) is 0 Å². The van der Waals surface area contributed by atoms with Crippen LogP contribution in [-0.4, -0.2) is 61.7 Å². The van der Waals surface area contributed by atoms with Gasteiger partial charge in [-0.15, -0.1) is 0 Å². The summed E-state index contributed by atoms with van der Waals surface area (Å²) in [7, 11) is 1.60. The van der Waals surface area contributed by atoms with Crippen molar-refractivity contribution in [3.05, 3.63) is 0 Å². The molecule has 0 aromatic heterocycles. The van der Waals surface area contributed by atoms with Gasteiger partial charge in [0.2, 0.25) is 5.91 Å². The van der Waals surface area contributed by atoms with Crippen LogP contribution < -0.4 is 0 Å². The van der Waals surface area contributed by atoms with Crippen molar-refractivity contribution in [3.63, 3.8) is 0 Å². The van der Waals surface area contributed by atoms with Crippen LogP contribution in [0.15, 0.2) is 0 Å². The minimum Gasteiger partial charge on any atom is -0.383 e. The largest absolute Gasteiger partial charge is 0.383 e. The molecular formula is C11H18N2O4. The highest BCUT2D eigenvalue weighted by Gasteiger charge is 2.37. The van der Waals surface area contributed by atoms with Gasteiger partial charge in [-0.05, 0) is 6.42 Å². The van der Waals surface area contributed by atoms with E-state index in [0.29, 0.717) is 39.3 Å². The molecule has 0 bridgehead atoms. The van der Waals surface area contributed by atoms with Gasteiger partial charge in [-0.2, -0.15) is 0 Å². The molecule has 6 heteroatoms. The molecule has 1 unspecified atom stereocenters. The average molecular weight is 242 g/mol. The van der Waals surface area contributed by atoms with Crippen LogP contribution in [0.25, 0.3) is 0 Å². The molecular weight excluding hydrogens is 224 g/mol. The highest BCUT2D eigenvalue weighted by molar-refractivity contribution is 5.88. The Morgan fingerprint density at radius 3 is 3.06 bits per heavy atom. The molecule has 96 valence electrons. The average Bonchev–Trinajstić information content (AvgIpc) is 2.95. The maximum absolute atomic E-state index is 12.0. The van der Waals surface area contributed by atoms with Crippen LogP contribution in [0.3, 0.4) is 0 Å². The minimum atomic E-state index is -0.252. The topological polar surface area (TPSA) is 59.1 Å². The summed E-state index contributed by atoms with van der Waals surface area (Å²) in [6.45, 7) is 2.79. The molecule has 2 saturated heterocycles. The van der Waals surface area contributed by atoms with Crippen molar-refractivity contribution in [2.75, 3.05) is 40.0 Å². The van der Waals surface area contributed by atoms with Crippen LogP contribution in [0.5, 0.6) is 0 Å². The second kappa shape index (κ2) is 5.46. The highest BCUT2D eigenvalue weighted by atomic mass is 16.7. The molecule has 2 amide bonds. The number of hydroxylamine groups is 2. The van der Waals surface area contributed by atoms with Crippen LogP contribution in [0.2, 0.25) is 0 Å². The van der Waals surface area contributed by atoms with E-state index >= 15 is 0 Å². The molecule has 0 aliphatic carbocycles. The predicted octanol–water partition coefficient (Wildman–Crippen LogP) is -0.355. The summed E-state index contributed by atoms with van der Waals surface area (Å²) in [4.78, 5) is 30.6. The minimum absolute atomic E-state index is 0.0274. The number of amides is 2. The maximum atomic E-state index is 12.0. The van der Waals surface area contributed by atoms with Crippen LogP contribution in [0.4, 0.5) is 0 Å². The molecule has 2 aliphatic rings. The standard InChI is InChI=1S/C11H18N2O4/c1-16-6-4-12-8-9(7-10(12)14)11(15)13-3-2-5-17-13/h9H,2-8H2,1H3. The molecule has 2 aliphatic heterocycles. The molecule has 1 atom stereocenters. The molecule has 0 spiro atoms. The second-order valence-corrected chi connectivity index (χ2v) is 4.36. The zero-order chi connectivity index (χ0) is 12.3. The Labute approximate surface area is 100 Å². The van der Waals surface area contributed by atoms with Crippen molar-refractivity contribution >= 4 is 11.8 Å². The SMILES string of the molecule is COCCN1CC(C(=O)N2CCCO2)CC1=O. The van der Waals surface area contributed by atoms with Gasteiger partial charge < -0.3 is 9.64 Å². The van der Waals surface area contributed by atoms with Crippen LogP contribution in [0, 0.1) is 5.92 Å². The van der Waals surface area contributed by atoms with Gasteiger partial charge in [-0.25, -0.2) is 5.06 Å². The van der Waals surface area contributed by atoms with Crippen molar-refractivity contribution in [3.8, 4) is 0 Å². The maximum Gasteiger partial charge on any atom is 0.251 e. The molecule has 17 heavy (non-hydrogen) atoms. The number of likely N-dealkylation sites (tertiary alicyclic amines) is 1. The molecule has 2 rings (SSSR count). The van der Waals surface area contributed by atoms with E-state index in [-0.39, 0.29) is 17.7 Å². The lowest BCUT2D eigenvalue weighted by Crippen LogP contribution is -2.35. The van der Waals surface area contributed by atoms with Gasteiger partial charge in [-0.3, -0.25) is 14.4 Å². The van der Waals surface area contributed by atoms with Crippen molar-refractivity contribution in [2.24, 2.45) is 5.92 Å². The molecule has 0 aromatic rings. The Balaban J connectivity index is 1.86. The Morgan fingerprint density at radius 2 is 2.41 bits per heavy atom. The van der Waals surface area contributed by atoms with E-state index in [4.69, 9.17) is 9.57 Å². The van der Waals surface area contributed by atoms with E-state index in [9.17, 15) is 9.59 Å². The molecule has 2 heterocycles. The number of nitrogens with zero attached hydrogens (tertiary/aromatic N) is 2. The number of hydrogen-bond donors (Lipinski definition) is 0. The Hall–Kier alpha value is -1.14. The van der Waals surface area contributed by atoms with Gasteiger partial charge in [0, 0.05) is 26.6 Å². The fraction of sp³-hybridized carbons (Fsp3) is 0.818. The van der Waals surface area contributed by atoms with Crippen LogP contribution >= 0.6 is 0 Å². The van der Waals surface area contributed by atoms with E-state index in [1.54, 1.807) is 12.0 Å². The molecule has 0 saturated carbocycles. The summed E-state index contributed by atoms with van der Waals surface area (Å²) in [6.07, 6.45) is 1.17. The van der Waals surface area contributed by atoms with E-state index < -0.39 is 0 Å². The quantitative estimate of drug-likeness (QED) is 0.676. The number of carbonyl (C=O) groups is 2. The summed E-state index contributed by atoms with van der Waals surface area (Å²) >= 11 is 0. The number of methoxy groups -OCH3 is 1. The summed E-state index contributed by atoms with van der Waals surface area (Å²) in [5.74, 6) is -0.284. The van der Waals surface area contributed by atoms with Gasteiger partial charge in [0.15, 0.2) is 0 Å². The van der Waals surface area contributed by atoms with Gasteiger partial charge >= 0.3 is 0 Å². The number of rotatable bonds is 4. The van der Waals surface area contributed by atoms with Gasteiger partial charge in [0.25, 0.3) is 5.91 Å². The zero-order valence-corrected chi connectivity index (χ0v) is 10.1. The van der Waals surface area contributed by atoms with Gasteiger partial charge in [0.1, 0.15) is 0 Å². The third-order valence-electron chi connectivity index (χ3n) is 3.13.